The van der Waals surface area contributed by atoms with Gasteiger partial charge in [-0.05, 0) is 6.92 Å². The molecule has 0 saturated carbocycles. The van der Waals surface area contributed by atoms with E-state index in [0.717, 1.165) is 0 Å². The zero-order chi connectivity index (χ0) is 7.11. The van der Waals surface area contributed by atoms with Crippen molar-refractivity contribution in [2.24, 2.45) is 4.99 Å². The average Bonchev–Trinajstić information content (AvgIpc) is 1.88. The van der Waals surface area contributed by atoms with Gasteiger partial charge >= 0.3 is 0 Å². The van der Waals surface area contributed by atoms with Gasteiger partial charge in [-0.2, -0.15) is 0 Å². The molecule has 2 heteroatoms. The van der Waals surface area contributed by atoms with E-state index in [9.17, 15) is 0 Å². The Morgan fingerprint density at radius 2 is 2.44 bits per heavy atom. The first-order valence-corrected chi connectivity index (χ1v) is 2.54. The van der Waals surface area contributed by atoms with Gasteiger partial charge in [0.05, 0.1) is 13.2 Å². The van der Waals surface area contributed by atoms with E-state index in [1.807, 2.05) is 0 Å². The zero-order valence-electron chi connectivity index (χ0n) is 5.59. The molecule has 0 N–H and O–H groups in total. The summed E-state index contributed by atoms with van der Waals surface area (Å²) >= 11 is 0. The van der Waals surface area contributed by atoms with E-state index in [1.54, 1.807) is 13.1 Å². The second-order valence-corrected chi connectivity index (χ2v) is 1.24. The number of rotatable bonds is 2. The molecule has 0 spiro atoms. The van der Waals surface area contributed by atoms with Crippen LogP contribution in [0.4, 0.5) is 0 Å². The Hall–Kier alpha value is -1.23. The maximum Gasteiger partial charge on any atom is 0.221 e. The summed E-state index contributed by atoms with van der Waals surface area (Å²) in [6, 6.07) is 0. The SMILES string of the molecule is C#C/C=C(\N=CC)OC. The molecule has 0 unspecified atom stereocenters. The third kappa shape index (κ3) is 3.36. The molecule has 0 heterocycles. The number of terminal acetylenes is 1. The van der Waals surface area contributed by atoms with Crippen LogP contribution in [-0.4, -0.2) is 13.3 Å². The molecule has 0 saturated heterocycles. The van der Waals surface area contributed by atoms with E-state index in [0.29, 0.717) is 5.88 Å². The smallest absolute Gasteiger partial charge is 0.221 e. The summed E-state index contributed by atoms with van der Waals surface area (Å²) in [6.45, 7) is 1.80. The fourth-order valence-corrected chi connectivity index (χ4v) is 0.347. The fraction of sp³-hybridized carbons (Fsp3) is 0.286. The summed E-state index contributed by atoms with van der Waals surface area (Å²) in [7, 11) is 1.52. The number of aliphatic imine (C=N–C) groups is 1. The van der Waals surface area contributed by atoms with E-state index in [1.165, 1.54) is 13.2 Å². The topological polar surface area (TPSA) is 21.6 Å². The molecule has 0 aliphatic heterocycles. The Labute approximate surface area is 55.2 Å². The van der Waals surface area contributed by atoms with Crippen LogP contribution in [0.25, 0.3) is 0 Å². The lowest BCUT2D eigenvalue weighted by molar-refractivity contribution is 0.289. The summed E-state index contributed by atoms with van der Waals surface area (Å²) in [5.74, 6) is 2.76. The number of hydrogen-bond acceptors (Lipinski definition) is 2. The molecule has 0 aliphatic rings. The highest BCUT2D eigenvalue weighted by molar-refractivity contribution is 5.54. The highest BCUT2D eigenvalue weighted by Crippen LogP contribution is 1.93. The highest BCUT2D eigenvalue weighted by atomic mass is 16.5. The average molecular weight is 123 g/mol. The van der Waals surface area contributed by atoms with Crippen molar-refractivity contribution in [3.05, 3.63) is 12.0 Å². The molecule has 0 radical (unpaired) electrons. The Bertz CT molecular complexity index is 162. The summed E-state index contributed by atoms with van der Waals surface area (Å²) in [4.78, 5) is 3.80. The van der Waals surface area contributed by atoms with Crippen LogP contribution in [-0.2, 0) is 4.74 Å². The van der Waals surface area contributed by atoms with Crippen LogP contribution in [0.2, 0.25) is 0 Å². The quantitative estimate of drug-likeness (QED) is 0.307. The third-order valence-electron chi connectivity index (χ3n) is 0.672. The number of methoxy groups -OCH3 is 1. The van der Waals surface area contributed by atoms with Gasteiger partial charge in [0.2, 0.25) is 5.88 Å². The van der Waals surface area contributed by atoms with Gasteiger partial charge in [0.25, 0.3) is 0 Å². The van der Waals surface area contributed by atoms with Gasteiger partial charge in [-0.15, -0.1) is 6.42 Å². The maximum atomic E-state index is 4.95. The molecule has 48 valence electrons. The standard InChI is InChI=1S/C7H9NO/c1-4-6-7(9-3)8-5-2/h1,5-6H,2-3H3/b7-6+,8-5?. The van der Waals surface area contributed by atoms with Gasteiger partial charge in [-0.3, -0.25) is 0 Å². The van der Waals surface area contributed by atoms with Crippen LogP contribution >= 0.6 is 0 Å². The third-order valence-corrected chi connectivity index (χ3v) is 0.672. The minimum Gasteiger partial charge on any atom is -0.481 e. The fourth-order valence-electron chi connectivity index (χ4n) is 0.347. The molecular formula is C7H9NO. The summed E-state index contributed by atoms with van der Waals surface area (Å²) in [6.07, 6.45) is 8.03. The van der Waals surface area contributed by atoms with Gasteiger partial charge < -0.3 is 4.74 Å². The minimum absolute atomic E-state index is 0.458. The largest absolute Gasteiger partial charge is 0.481 e. The Kier molecular flexibility index (Phi) is 4.25. The second kappa shape index (κ2) is 4.92. The van der Waals surface area contributed by atoms with Crippen LogP contribution in [0.3, 0.4) is 0 Å². The molecular weight excluding hydrogens is 114 g/mol. The first-order valence-electron chi connectivity index (χ1n) is 2.54. The molecule has 0 atom stereocenters. The number of ether oxygens (including phenoxy) is 1. The van der Waals surface area contributed by atoms with E-state index in [4.69, 9.17) is 11.2 Å². The first kappa shape index (κ1) is 7.77. The molecule has 0 rings (SSSR count). The van der Waals surface area contributed by atoms with Crippen LogP contribution in [0.1, 0.15) is 6.92 Å². The lowest BCUT2D eigenvalue weighted by Gasteiger charge is -1.93. The van der Waals surface area contributed by atoms with Gasteiger partial charge in [0.15, 0.2) is 0 Å². The lowest BCUT2D eigenvalue weighted by atomic mass is 10.6. The number of allylic oxidation sites excluding steroid dienone is 1. The van der Waals surface area contributed by atoms with Gasteiger partial charge in [0, 0.05) is 6.21 Å². The van der Waals surface area contributed by atoms with Crippen LogP contribution in [0.5, 0.6) is 0 Å². The molecule has 0 aromatic carbocycles. The second-order valence-electron chi connectivity index (χ2n) is 1.24. The molecule has 0 aromatic heterocycles. The van der Waals surface area contributed by atoms with Gasteiger partial charge in [-0.1, -0.05) is 5.92 Å². The molecule has 9 heavy (non-hydrogen) atoms. The summed E-state index contributed by atoms with van der Waals surface area (Å²) in [5.41, 5.74) is 0. The molecule has 0 aliphatic carbocycles. The first-order chi connectivity index (χ1) is 4.35. The molecule has 0 aromatic rings. The van der Waals surface area contributed by atoms with Crippen molar-refractivity contribution in [1.82, 2.24) is 0 Å². The zero-order valence-corrected chi connectivity index (χ0v) is 5.59. The summed E-state index contributed by atoms with van der Waals surface area (Å²) < 4.78 is 4.75. The van der Waals surface area contributed by atoms with Crippen molar-refractivity contribution in [3.63, 3.8) is 0 Å². The van der Waals surface area contributed by atoms with Gasteiger partial charge in [-0.25, -0.2) is 4.99 Å². The van der Waals surface area contributed by atoms with Crippen LogP contribution < -0.4 is 0 Å². The minimum atomic E-state index is 0.458. The number of hydrogen-bond donors (Lipinski definition) is 0. The Morgan fingerprint density at radius 3 is 2.78 bits per heavy atom. The monoisotopic (exact) mass is 123 g/mol. The lowest BCUT2D eigenvalue weighted by Crippen LogP contribution is -1.80. The van der Waals surface area contributed by atoms with Crippen molar-refractivity contribution >= 4 is 6.21 Å². The van der Waals surface area contributed by atoms with Crippen molar-refractivity contribution in [2.75, 3.05) is 7.11 Å². The molecule has 0 amide bonds. The van der Waals surface area contributed by atoms with Crippen LogP contribution in [0.15, 0.2) is 17.0 Å². The van der Waals surface area contributed by atoms with Gasteiger partial charge in [0.1, 0.15) is 0 Å². The van der Waals surface area contributed by atoms with E-state index >= 15 is 0 Å². The van der Waals surface area contributed by atoms with Crippen LogP contribution in [0, 0.1) is 12.3 Å². The maximum absolute atomic E-state index is 4.95. The van der Waals surface area contributed by atoms with Crippen molar-refractivity contribution in [2.45, 2.75) is 6.92 Å². The Balaban J connectivity index is 4.02. The van der Waals surface area contributed by atoms with E-state index in [-0.39, 0.29) is 0 Å². The van der Waals surface area contributed by atoms with Crippen molar-refractivity contribution < 1.29 is 4.74 Å². The predicted molar refractivity (Wildman–Crippen MR) is 38.1 cm³/mol. The highest BCUT2D eigenvalue weighted by Gasteiger charge is 1.83. The predicted octanol–water partition coefficient (Wildman–Crippen LogP) is 1.20. The molecule has 2 nitrogen and oxygen atoms in total. The Morgan fingerprint density at radius 1 is 1.78 bits per heavy atom. The van der Waals surface area contributed by atoms with Crippen molar-refractivity contribution in [1.29, 1.82) is 0 Å². The van der Waals surface area contributed by atoms with Crippen molar-refractivity contribution in [3.8, 4) is 12.3 Å². The molecule has 0 fully saturated rings. The number of nitrogens with zero attached hydrogens (tertiary/aromatic N) is 1. The molecule has 0 bridgehead atoms. The van der Waals surface area contributed by atoms with E-state index < -0.39 is 0 Å². The normalized spacial score (nSPS) is 11.4. The summed E-state index contributed by atoms with van der Waals surface area (Å²) in [5, 5.41) is 0. The van der Waals surface area contributed by atoms with E-state index in [2.05, 4.69) is 10.9 Å².